The van der Waals surface area contributed by atoms with Crippen LogP contribution in [0.2, 0.25) is 0 Å². The topological polar surface area (TPSA) is 55.1 Å². The molecule has 4 heteroatoms. The Kier molecular flexibility index (Phi) is 3.08. The van der Waals surface area contributed by atoms with Gasteiger partial charge in [-0.1, -0.05) is 18.9 Å². The van der Waals surface area contributed by atoms with E-state index in [1.807, 2.05) is 0 Å². The van der Waals surface area contributed by atoms with E-state index in [-0.39, 0.29) is 17.2 Å². The smallest absolute Gasteiger partial charge is 0.253 e. The Balaban J connectivity index is 1.93. The number of carbonyl (C=O) groups is 1. The molecule has 0 atom stereocenters. The largest absolute Gasteiger partial charge is 0.396 e. The highest BCUT2D eigenvalue weighted by molar-refractivity contribution is 5.99. The number of carbonyl (C=O) groups excluding carboxylic acids is 1. The van der Waals surface area contributed by atoms with Crippen LogP contribution >= 0.6 is 0 Å². The molecule has 0 aromatic heterocycles. The molecule has 0 unspecified atom stereocenters. The predicted molar refractivity (Wildman–Crippen MR) is 60.5 cm³/mol. The monoisotopic (exact) mass is 222 g/mol. The van der Waals surface area contributed by atoms with Crippen molar-refractivity contribution in [2.24, 2.45) is 5.92 Å². The highest BCUT2D eigenvalue weighted by Crippen LogP contribution is 2.31. The first kappa shape index (κ1) is 10.9. The third kappa shape index (κ3) is 2.51. The number of amides is 1. The lowest BCUT2D eigenvalue weighted by Gasteiger charge is -2.07. The minimum atomic E-state index is -0.546. The van der Waals surface area contributed by atoms with Gasteiger partial charge in [0.25, 0.3) is 5.91 Å². The van der Waals surface area contributed by atoms with Gasteiger partial charge >= 0.3 is 0 Å². The van der Waals surface area contributed by atoms with E-state index in [4.69, 9.17) is 5.73 Å². The van der Waals surface area contributed by atoms with E-state index >= 15 is 0 Å². The van der Waals surface area contributed by atoms with Crippen molar-refractivity contribution in [3.63, 3.8) is 0 Å². The van der Waals surface area contributed by atoms with Crippen molar-refractivity contribution in [1.82, 2.24) is 5.32 Å². The summed E-state index contributed by atoms with van der Waals surface area (Å²) in [7, 11) is 0. The number of nitrogen functional groups attached to an aromatic ring is 1. The number of hydrogen-bond acceptors (Lipinski definition) is 2. The van der Waals surface area contributed by atoms with Crippen molar-refractivity contribution in [1.29, 1.82) is 0 Å². The zero-order valence-corrected chi connectivity index (χ0v) is 9.00. The predicted octanol–water partition coefficient (Wildman–Crippen LogP) is 1.94. The van der Waals surface area contributed by atoms with Crippen molar-refractivity contribution in [2.75, 3.05) is 12.3 Å². The van der Waals surface area contributed by atoms with Crippen molar-refractivity contribution in [3.05, 3.63) is 29.6 Å². The molecular formula is C12H15FN2O. The molecule has 0 heterocycles. The van der Waals surface area contributed by atoms with Crippen LogP contribution in [0.15, 0.2) is 18.2 Å². The van der Waals surface area contributed by atoms with Gasteiger partial charge in [0.1, 0.15) is 5.82 Å². The van der Waals surface area contributed by atoms with Gasteiger partial charge in [-0.3, -0.25) is 4.79 Å². The summed E-state index contributed by atoms with van der Waals surface area (Å²) in [4.78, 5) is 11.7. The lowest BCUT2D eigenvalue weighted by atomic mass is 10.1. The standard InChI is InChI=1S/C12H15FN2O/c13-10-3-1-2-9(11(10)14)12(16)15-7-6-8-4-5-8/h1-3,8H,4-7,14H2,(H,15,16). The van der Waals surface area contributed by atoms with Crippen LogP contribution in [0.5, 0.6) is 0 Å². The van der Waals surface area contributed by atoms with Gasteiger partial charge in [0, 0.05) is 6.54 Å². The number of benzene rings is 1. The summed E-state index contributed by atoms with van der Waals surface area (Å²) in [5.74, 6) is -0.0716. The maximum atomic E-state index is 13.1. The van der Waals surface area contributed by atoms with Crippen LogP contribution in [0.3, 0.4) is 0 Å². The molecule has 0 radical (unpaired) electrons. The van der Waals surface area contributed by atoms with Gasteiger partial charge in [-0.15, -0.1) is 0 Å². The summed E-state index contributed by atoms with van der Waals surface area (Å²) < 4.78 is 13.1. The molecule has 16 heavy (non-hydrogen) atoms. The second-order valence-corrected chi connectivity index (χ2v) is 4.19. The van der Waals surface area contributed by atoms with Crippen LogP contribution in [0.4, 0.5) is 10.1 Å². The van der Waals surface area contributed by atoms with Gasteiger partial charge in [0.2, 0.25) is 0 Å². The SMILES string of the molecule is Nc1c(F)cccc1C(=O)NCCC1CC1. The third-order valence-electron chi connectivity index (χ3n) is 2.83. The summed E-state index contributed by atoms with van der Waals surface area (Å²) in [6, 6.07) is 4.27. The van der Waals surface area contributed by atoms with E-state index in [1.165, 1.54) is 31.0 Å². The van der Waals surface area contributed by atoms with Crippen molar-refractivity contribution in [2.45, 2.75) is 19.3 Å². The second-order valence-electron chi connectivity index (χ2n) is 4.19. The Morgan fingerprint density at radius 1 is 1.50 bits per heavy atom. The van der Waals surface area contributed by atoms with E-state index in [0.717, 1.165) is 12.3 Å². The third-order valence-corrected chi connectivity index (χ3v) is 2.83. The first-order chi connectivity index (χ1) is 7.68. The Bertz CT molecular complexity index is 402. The first-order valence-electron chi connectivity index (χ1n) is 5.50. The number of hydrogen-bond donors (Lipinski definition) is 2. The van der Waals surface area contributed by atoms with Gasteiger partial charge in [-0.05, 0) is 24.5 Å². The van der Waals surface area contributed by atoms with Crippen LogP contribution in [-0.2, 0) is 0 Å². The van der Waals surface area contributed by atoms with Crippen LogP contribution in [0.1, 0.15) is 29.6 Å². The molecule has 0 bridgehead atoms. The molecule has 0 spiro atoms. The summed E-state index contributed by atoms with van der Waals surface area (Å²) >= 11 is 0. The fourth-order valence-corrected chi connectivity index (χ4v) is 1.63. The molecule has 86 valence electrons. The molecule has 1 amide bonds. The van der Waals surface area contributed by atoms with E-state index in [1.54, 1.807) is 0 Å². The van der Waals surface area contributed by atoms with Crippen LogP contribution in [0, 0.1) is 11.7 Å². The quantitative estimate of drug-likeness (QED) is 0.765. The van der Waals surface area contributed by atoms with Crippen LogP contribution in [0.25, 0.3) is 0 Å². The number of nitrogens with one attached hydrogen (secondary N) is 1. The minimum Gasteiger partial charge on any atom is -0.396 e. The number of halogens is 1. The van der Waals surface area contributed by atoms with Crippen molar-refractivity contribution < 1.29 is 9.18 Å². The van der Waals surface area contributed by atoms with E-state index < -0.39 is 5.82 Å². The molecule has 1 saturated carbocycles. The van der Waals surface area contributed by atoms with E-state index in [0.29, 0.717) is 6.54 Å². The molecule has 1 aromatic rings. The van der Waals surface area contributed by atoms with Gasteiger partial charge in [-0.25, -0.2) is 4.39 Å². The minimum absolute atomic E-state index is 0.0774. The average molecular weight is 222 g/mol. The first-order valence-corrected chi connectivity index (χ1v) is 5.50. The van der Waals surface area contributed by atoms with Gasteiger partial charge < -0.3 is 11.1 Å². The number of rotatable bonds is 4. The molecule has 1 aliphatic carbocycles. The van der Waals surface area contributed by atoms with Gasteiger partial charge in [0.15, 0.2) is 0 Å². The highest BCUT2D eigenvalue weighted by atomic mass is 19.1. The summed E-state index contributed by atoms with van der Waals surface area (Å²) in [6.07, 6.45) is 3.52. The lowest BCUT2D eigenvalue weighted by molar-refractivity contribution is 0.0953. The second kappa shape index (κ2) is 4.51. The Hall–Kier alpha value is -1.58. The fraction of sp³-hybridized carbons (Fsp3) is 0.417. The molecule has 0 saturated heterocycles. The lowest BCUT2D eigenvalue weighted by Crippen LogP contribution is -2.25. The Labute approximate surface area is 93.8 Å². The summed E-state index contributed by atoms with van der Waals surface area (Å²) in [5, 5.41) is 2.75. The molecule has 1 aromatic carbocycles. The zero-order valence-electron chi connectivity index (χ0n) is 9.00. The summed E-state index contributed by atoms with van der Waals surface area (Å²) in [6.45, 7) is 0.638. The van der Waals surface area contributed by atoms with E-state index in [2.05, 4.69) is 5.32 Å². The Morgan fingerprint density at radius 2 is 2.25 bits per heavy atom. The molecule has 0 aliphatic heterocycles. The maximum Gasteiger partial charge on any atom is 0.253 e. The highest BCUT2D eigenvalue weighted by Gasteiger charge is 2.21. The molecule has 1 aliphatic rings. The van der Waals surface area contributed by atoms with Crippen molar-refractivity contribution >= 4 is 11.6 Å². The number of para-hydroxylation sites is 1. The fourth-order valence-electron chi connectivity index (χ4n) is 1.63. The average Bonchev–Trinajstić information content (AvgIpc) is 3.06. The molecule has 3 N–H and O–H groups in total. The number of anilines is 1. The van der Waals surface area contributed by atoms with Crippen LogP contribution < -0.4 is 11.1 Å². The zero-order chi connectivity index (χ0) is 11.5. The number of nitrogens with two attached hydrogens (primary N) is 1. The van der Waals surface area contributed by atoms with Crippen molar-refractivity contribution in [3.8, 4) is 0 Å². The normalized spacial score (nSPS) is 14.8. The van der Waals surface area contributed by atoms with Crippen LogP contribution in [-0.4, -0.2) is 12.5 Å². The molecule has 3 nitrogen and oxygen atoms in total. The Morgan fingerprint density at radius 3 is 2.94 bits per heavy atom. The molecule has 1 fully saturated rings. The van der Waals surface area contributed by atoms with Gasteiger partial charge in [0.05, 0.1) is 11.3 Å². The van der Waals surface area contributed by atoms with E-state index in [9.17, 15) is 9.18 Å². The van der Waals surface area contributed by atoms with Gasteiger partial charge in [-0.2, -0.15) is 0 Å². The summed E-state index contributed by atoms with van der Waals surface area (Å²) in [5.41, 5.74) is 5.63. The molecular weight excluding hydrogens is 207 g/mol. The maximum absolute atomic E-state index is 13.1. The molecule has 2 rings (SSSR count).